The van der Waals surface area contributed by atoms with Gasteiger partial charge in [-0.1, -0.05) is 11.6 Å². The van der Waals surface area contributed by atoms with Gasteiger partial charge < -0.3 is 10.2 Å². The van der Waals surface area contributed by atoms with E-state index >= 15 is 0 Å². The van der Waals surface area contributed by atoms with Crippen molar-refractivity contribution in [2.24, 2.45) is 0 Å². The molecule has 0 unspecified atom stereocenters. The van der Waals surface area contributed by atoms with Gasteiger partial charge in [-0.3, -0.25) is 4.57 Å². The molecule has 184 valence electrons. The zero-order valence-corrected chi connectivity index (χ0v) is 18.8. The molecule has 0 saturated heterocycles. The molecule has 0 aliphatic carbocycles. The molecule has 35 heavy (non-hydrogen) atoms. The molecule has 3 heterocycles. The lowest BCUT2D eigenvalue weighted by molar-refractivity contribution is -0.207. The van der Waals surface area contributed by atoms with Crippen molar-refractivity contribution >= 4 is 11.6 Å². The molecule has 2 N–H and O–H groups in total. The van der Waals surface area contributed by atoms with Crippen LogP contribution in [0.2, 0.25) is 5.02 Å². The molecule has 3 aromatic heterocycles. The highest BCUT2D eigenvalue weighted by atomic mass is 35.5. The van der Waals surface area contributed by atoms with Crippen molar-refractivity contribution in [3.63, 3.8) is 0 Å². The van der Waals surface area contributed by atoms with Crippen LogP contribution in [0.5, 0.6) is 0 Å². The van der Waals surface area contributed by atoms with Crippen LogP contribution in [0.1, 0.15) is 24.7 Å². The molecule has 0 aliphatic heterocycles. The molecule has 0 bridgehead atoms. The van der Waals surface area contributed by atoms with Crippen LogP contribution in [0.25, 0.3) is 17.2 Å². The van der Waals surface area contributed by atoms with E-state index in [4.69, 9.17) is 11.6 Å². The fourth-order valence-electron chi connectivity index (χ4n) is 3.21. The second-order valence-corrected chi connectivity index (χ2v) is 7.93. The van der Waals surface area contributed by atoms with Gasteiger partial charge in [-0.2, -0.15) is 23.0 Å². The van der Waals surface area contributed by atoms with E-state index in [0.717, 1.165) is 9.25 Å². The zero-order valence-electron chi connectivity index (χ0n) is 18.0. The van der Waals surface area contributed by atoms with E-state index in [1.807, 2.05) is 0 Å². The Balaban J connectivity index is 1.76. The summed E-state index contributed by atoms with van der Waals surface area (Å²) in [7, 11) is 0. The van der Waals surface area contributed by atoms with Crippen molar-refractivity contribution in [2.75, 3.05) is 0 Å². The van der Waals surface area contributed by atoms with E-state index in [-0.39, 0.29) is 29.8 Å². The molecule has 1 aromatic carbocycles. The Kier molecular flexibility index (Phi) is 6.69. The molecule has 0 aliphatic rings. The third-order valence-electron chi connectivity index (χ3n) is 4.87. The SMILES string of the molecule is C[C@H](O)c1nc(Cn2nc(-c3ccc(Cl)cc3)n(C[C@H](O)C(F)(F)F)c2=O)nn1-c1cccnn1. The maximum atomic E-state index is 13.0. The number of aliphatic hydroxyl groups is 2. The number of nitrogens with zero attached hydrogens (tertiary/aromatic N) is 8. The average molecular weight is 511 g/mol. The van der Waals surface area contributed by atoms with Gasteiger partial charge in [0.15, 0.2) is 29.4 Å². The first-order valence-corrected chi connectivity index (χ1v) is 10.5. The van der Waals surface area contributed by atoms with Crippen molar-refractivity contribution in [2.45, 2.75) is 38.4 Å². The Labute approximate surface area is 200 Å². The van der Waals surface area contributed by atoms with Crippen LogP contribution in [-0.2, 0) is 13.1 Å². The lowest BCUT2D eigenvalue weighted by Crippen LogP contribution is -2.37. The van der Waals surface area contributed by atoms with Crippen LogP contribution in [-0.4, -0.2) is 61.8 Å². The van der Waals surface area contributed by atoms with E-state index in [0.29, 0.717) is 10.6 Å². The van der Waals surface area contributed by atoms with Crippen molar-refractivity contribution in [3.05, 3.63) is 69.8 Å². The number of rotatable bonds is 7. The second-order valence-electron chi connectivity index (χ2n) is 7.49. The molecular weight excluding hydrogens is 493 g/mol. The Bertz CT molecular complexity index is 1370. The van der Waals surface area contributed by atoms with E-state index in [2.05, 4.69) is 25.4 Å². The summed E-state index contributed by atoms with van der Waals surface area (Å²) in [6, 6.07) is 9.13. The smallest absolute Gasteiger partial charge is 0.385 e. The fraction of sp³-hybridized carbons (Fsp3) is 0.300. The highest BCUT2D eigenvalue weighted by Gasteiger charge is 2.39. The van der Waals surface area contributed by atoms with Gasteiger partial charge in [-0.25, -0.2) is 14.5 Å². The minimum Gasteiger partial charge on any atom is -0.385 e. The Morgan fingerprint density at radius 2 is 1.83 bits per heavy atom. The van der Waals surface area contributed by atoms with Gasteiger partial charge in [0.25, 0.3) is 0 Å². The third kappa shape index (κ3) is 5.23. The largest absolute Gasteiger partial charge is 0.416 e. The normalized spacial score (nSPS) is 13.7. The number of aliphatic hydroxyl groups excluding tert-OH is 2. The van der Waals surface area contributed by atoms with Crippen LogP contribution in [0.4, 0.5) is 13.2 Å². The molecule has 15 heteroatoms. The molecule has 4 rings (SSSR count). The predicted molar refractivity (Wildman–Crippen MR) is 116 cm³/mol. The average Bonchev–Trinajstić information content (AvgIpc) is 3.37. The molecule has 0 saturated carbocycles. The first-order valence-electron chi connectivity index (χ1n) is 10.1. The summed E-state index contributed by atoms with van der Waals surface area (Å²) in [6.45, 7) is 0.0565. The summed E-state index contributed by atoms with van der Waals surface area (Å²) < 4.78 is 41.9. The summed E-state index contributed by atoms with van der Waals surface area (Å²) in [5.74, 6) is 0.296. The molecule has 4 aromatic rings. The van der Waals surface area contributed by atoms with Crippen molar-refractivity contribution in [3.8, 4) is 17.2 Å². The number of benzene rings is 1. The first-order chi connectivity index (χ1) is 16.5. The molecule has 0 spiro atoms. The summed E-state index contributed by atoms with van der Waals surface area (Å²) >= 11 is 5.89. The van der Waals surface area contributed by atoms with E-state index < -0.39 is 30.6 Å². The monoisotopic (exact) mass is 510 g/mol. The molecule has 11 nitrogen and oxygen atoms in total. The molecular formula is C20H18ClF3N8O3. The molecule has 0 radical (unpaired) electrons. The molecule has 0 fully saturated rings. The van der Waals surface area contributed by atoms with Crippen LogP contribution in [0.15, 0.2) is 47.4 Å². The summed E-state index contributed by atoms with van der Waals surface area (Å²) in [5.41, 5.74) is -0.616. The zero-order chi connectivity index (χ0) is 25.3. The highest BCUT2D eigenvalue weighted by Crippen LogP contribution is 2.24. The highest BCUT2D eigenvalue weighted by molar-refractivity contribution is 6.30. The van der Waals surface area contributed by atoms with Gasteiger partial charge in [0.2, 0.25) is 0 Å². The first kappa shape index (κ1) is 24.5. The number of halogens is 4. The quantitative estimate of drug-likeness (QED) is 0.384. The van der Waals surface area contributed by atoms with Gasteiger partial charge in [-0.15, -0.1) is 15.3 Å². The minimum absolute atomic E-state index is 0.0392. The molecule has 2 atom stereocenters. The van der Waals surface area contributed by atoms with Gasteiger partial charge in [-0.05, 0) is 43.3 Å². The van der Waals surface area contributed by atoms with Crippen LogP contribution in [0.3, 0.4) is 0 Å². The summed E-state index contributed by atoms with van der Waals surface area (Å²) in [6.07, 6.45) is -7.34. The number of aromatic nitrogens is 8. The van der Waals surface area contributed by atoms with E-state index in [9.17, 15) is 28.2 Å². The summed E-state index contributed by atoms with van der Waals surface area (Å²) in [4.78, 5) is 17.2. The molecule has 0 amide bonds. The van der Waals surface area contributed by atoms with Crippen molar-refractivity contribution in [1.82, 2.24) is 39.3 Å². The van der Waals surface area contributed by atoms with Gasteiger partial charge in [0.05, 0.1) is 6.54 Å². The lowest BCUT2D eigenvalue weighted by atomic mass is 10.2. The van der Waals surface area contributed by atoms with Crippen molar-refractivity contribution < 1.29 is 23.4 Å². The summed E-state index contributed by atoms with van der Waals surface area (Å²) in [5, 5.41) is 36.1. The van der Waals surface area contributed by atoms with Gasteiger partial charge in [0.1, 0.15) is 12.6 Å². The Hall–Kier alpha value is -3.62. The van der Waals surface area contributed by atoms with Gasteiger partial charge in [0, 0.05) is 16.8 Å². The maximum Gasteiger partial charge on any atom is 0.416 e. The lowest BCUT2D eigenvalue weighted by Gasteiger charge is -2.15. The Morgan fingerprint density at radius 3 is 2.43 bits per heavy atom. The van der Waals surface area contributed by atoms with E-state index in [1.54, 1.807) is 12.1 Å². The van der Waals surface area contributed by atoms with Crippen LogP contribution >= 0.6 is 11.6 Å². The third-order valence-corrected chi connectivity index (χ3v) is 5.13. The van der Waals surface area contributed by atoms with Crippen LogP contribution < -0.4 is 5.69 Å². The van der Waals surface area contributed by atoms with E-state index in [1.165, 1.54) is 42.1 Å². The number of hydrogen-bond acceptors (Lipinski definition) is 8. The predicted octanol–water partition coefficient (Wildman–Crippen LogP) is 1.76. The number of alkyl halides is 3. The number of hydrogen-bond donors (Lipinski definition) is 2. The second kappa shape index (κ2) is 9.56. The Morgan fingerprint density at radius 1 is 1.11 bits per heavy atom. The topological polar surface area (TPSA) is 137 Å². The minimum atomic E-state index is -4.94. The fourth-order valence-corrected chi connectivity index (χ4v) is 3.34. The maximum absolute atomic E-state index is 13.0. The standard InChI is InChI=1S/C20H18ClF3N8O3/c1-11(33)17-26-15(28-32(17)16-3-2-8-25-27-16)10-31-19(35)30(9-14(34)20(22,23)24)18(29-31)12-4-6-13(21)7-5-12/h2-8,11,14,33-34H,9-10H2,1H3/t11-,14-/m0/s1. The van der Waals surface area contributed by atoms with Gasteiger partial charge >= 0.3 is 11.9 Å². The van der Waals surface area contributed by atoms with Crippen molar-refractivity contribution in [1.29, 1.82) is 0 Å². The van der Waals surface area contributed by atoms with Crippen LogP contribution in [0, 0.1) is 0 Å².